The Kier molecular flexibility index (Phi) is 6.41. The summed E-state index contributed by atoms with van der Waals surface area (Å²) in [6.45, 7) is 1.82. The molecular weight excluding hydrogens is 423 g/mol. The van der Waals surface area contributed by atoms with Crippen molar-refractivity contribution in [2.45, 2.75) is 13.1 Å². The molecule has 0 aliphatic rings. The van der Waals surface area contributed by atoms with Crippen molar-refractivity contribution < 1.29 is 27.8 Å². The molecule has 32 heavy (non-hydrogen) atoms. The van der Waals surface area contributed by atoms with Crippen molar-refractivity contribution in [3.05, 3.63) is 76.9 Å². The highest BCUT2D eigenvalue weighted by molar-refractivity contribution is 5.92. The summed E-state index contributed by atoms with van der Waals surface area (Å²) in [6.07, 6.45) is -2.01. The number of halogens is 3. The maximum Gasteiger partial charge on any atom is 0.417 e. The monoisotopic (exact) mass is 437 g/mol. The fourth-order valence-electron chi connectivity index (χ4n) is 2.77. The van der Waals surface area contributed by atoms with Gasteiger partial charge in [-0.2, -0.15) is 18.4 Å². The summed E-state index contributed by atoms with van der Waals surface area (Å²) < 4.78 is 44.9. The molecule has 0 spiro atoms. The molecule has 0 bridgehead atoms. The minimum Gasteiger partial charge on any atom is -0.508 e. The molecule has 0 aliphatic carbocycles. The van der Waals surface area contributed by atoms with Crippen LogP contribution in [0, 0.1) is 23.2 Å². The third-order valence-electron chi connectivity index (χ3n) is 4.23. The Balaban J connectivity index is 2.14. The lowest BCUT2D eigenvalue weighted by molar-refractivity contribution is -0.137. The van der Waals surface area contributed by atoms with Gasteiger partial charge in [-0.15, -0.1) is 0 Å². The van der Waals surface area contributed by atoms with Gasteiger partial charge in [-0.05, 0) is 43.3 Å². The van der Waals surface area contributed by atoms with E-state index in [4.69, 9.17) is 10.00 Å². The predicted molar refractivity (Wildman–Crippen MR) is 107 cm³/mol. The van der Waals surface area contributed by atoms with Crippen molar-refractivity contribution in [1.82, 2.24) is 9.97 Å². The van der Waals surface area contributed by atoms with Gasteiger partial charge in [-0.3, -0.25) is 0 Å². The van der Waals surface area contributed by atoms with Crippen LogP contribution in [-0.4, -0.2) is 27.7 Å². The highest BCUT2D eigenvalue weighted by Gasteiger charge is 2.33. The van der Waals surface area contributed by atoms with Crippen LogP contribution in [0.1, 0.15) is 39.8 Å². The Morgan fingerprint density at radius 2 is 1.75 bits per heavy atom. The van der Waals surface area contributed by atoms with Crippen LogP contribution >= 0.6 is 0 Å². The number of rotatable bonds is 3. The Bertz CT molecular complexity index is 1270. The number of nitrogens with zero attached hydrogens (tertiary/aromatic N) is 3. The van der Waals surface area contributed by atoms with Crippen molar-refractivity contribution in [3.8, 4) is 34.8 Å². The largest absolute Gasteiger partial charge is 0.508 e. The van der Waals surface area contributed by atoms with E-state index in [2.05, 4.69) is 21.8 Å². The van der Waals surface area contributed by atoms with Gasteiger partial charge < -0.3 is 9.84 Å². The van der Waals surface area contributed by atoms with Gasteiger partial charge >= 0.3 is 12.1 Å². The standard InChI is InChI=1S/C23H14F3N3O3/c1-2-32-22(31)16-6-4-14(19(9-16)17-12-28-21(11-27)29-13-17)3-5-15-7-8-18(30)10-20(15)23(24,25)26/h4,6-10,12-13,30H,2H2,1H3. The van der Waals surface area contributed by atoms with E-state index in [9.17, 15) is 23.1 Å². The van der Waals surface area contributed by atoms with Gasteiger partial charge in [-0.25, -0.2) is 14.8 Å². The van der Waals surface area contributed by atoms with Gasteiger partial charge in [0.2, 0.25) is 5.82 Å². The quantitative estimate of drug-likeness (QED) is 0.484. The summed E-state index contributed by atoms with van der Waals surface area (Å²) in [5.74, 6) is 3.98. The van der Waals surface area contributed by atoms with E-state index in [-0.39, 0.29) is 23.6 Å². The van der Waals surface area contributed by atoms with E-state index in [1.54, 1.807) is 13.0 Å². The first-order valence-electron chi connectivity index (χ1n) is 9.19. The zero-order valence-electron chi connectivity index (χ0n) is 16.6. The van der Waals surface area contributed by atoms with Crippen LogP contribution in [0.2, 0.25) is 0 Å². The van der Waals surface area contributed by atoms with Crippen molar-refractivity contribution in [2.24, 2.45) is 0 Å². The average Bonchev–Trinajstić information content (AvgIpc) is 2.78. The number of aromatic nitrogens is 2. The Morgan fingerprint density at radius 3 is 2.38 bits per heavy atom. The van der Waals surface area contributed by atoms with E-state index in [1.807, 2.05) is 0 Å². The lowest BCUT2D eigenvalue weighted by Gasteiger charge is -2.10. The molecule has 1 N–H and O–H groups in total. The van der Waals surface area contributed by atoms with E-state index in [1.165, 1.54) is 30.6 Å². The maximum atomic E-state index is 13.3. The van der Waals surface area contributed by atoms with Crippen LogP contribution < -0.4 is 0 Å². The number of carbonyl (C=O) groups excluding carboxylic acids is 1. The van der Waals surface area contributed by atoms with Crippen LogP contribution in [0.15, 0.2) is 48.8 Å². The molecule has 0 saturated carbocycles. The third kappa shape index (κ3) is 5.02. The second-order valence-electron chi connectivity index (χ2n) is 6.37. The van der Waals surface area contributed by atoms with Crippen LogP contribution in [-0.2, 0) is 10.9 Å². The fraction of sp³-hybridized carbons (Fsp3) is 0.130. The number of phenols is 1. The van der Waals surface area contributed by atoms with Crippen molar-refractivity contribution in [2.75, 3.05) is 6.61 Å². The second-order valence-corrected chi connectivity index (χ2v) is 6.37. The first-order chi connectivity index (χ1) is 15.2. The van der Waals surface area contributed by atoms with E-state index < -0.39 is 23.5 Å². The number of benzene rings is 2. The van der Waals surface area contributed by atoms with Gasteiger partial charge in [0.25, 0.3) is 0 Å². The fourth-order valence-corrected chi connectivity index (χ4v) is 2.77. The molecule has 1 heterocycles. The molecular formula is C23H14F3N3O3. The molecule has 3 aromatic rings. The van der Waals surface area contributed by atoms with Gasteiger partial charge in [-0.1, -0.05) is 11.8 Å². The van der Waals surface area contributed by atoms with Crippen molar-refractivity contribution >= 4 is 5.97 Å². The van der Waals surface area contributed by atoms with Gasteiger partial charge in [0.1, 0.15) is 11.8 Å². The lowest BCUT2D eigenvalue weighted by atomic mass is 9.98. The molecule has 0 unspecified atom stereocenters. The highest BCUT2D eigenvalue weighted by Crippen LogP contribution is 2.34. The minimum absolute atomic E-state index is 0.0677. The van der Waals surface area contributed by atoms with Crippen LogP contribution in [0.25, 0.3) is 11.1 Å². The van der Waals surface area contributed by atoms with Crippen LogP contribution in [0.5, 0.6) is 5.75 Å². The summed E-state index contributed by atoms with van der Waals surface area (Å²) in [7, 11) is 0. The minimum atomic E-state index is -4.71. The van der Waals surface area contributed by atoms with Gasteiger partial charge in [0.15, 0.2) is 0 Å². The molecule has 0 atom stereocenters. The number of hydrogen-bond acceptors (Lipinski definition) is 6. The molecule has 160 valence electrons. The molecule has 0 saturated heterocycles. The highest BCUT2D eigenvalue weighted by atomic mass is 19.4. The van der Waals surface area contributed by atoms with Gasteiger partial charge in [0.05, 0.1) is 17.7 Å². The smallest absolute Gasteiger partial charge is 0.417 e. The molecule has 0 amide bonds. The number of ether oxygens (including phenoxy) is 1. The predicted octanol–water partition coefficient (Wildman–Crippen LogP) is 4.32. The number of esters is 1. The molecule has 0 aliphatic heterocycles. The topological polar surface area (TPSA) is 96.1 Å². The summed E-state index contributed by atoms with van der Waals surface area (Å²) in [6, 6.07) is 8.95. The molecule has 6 nitrogen and oxygen atoms in total. The van der Waals surface area contributed by atoms with Crippen LogP contribution in [0.4, 0.5) is 13.2 Å². The number of hydrogen-bond donors (Lipinski definition) is 1. The Labute approximate surface area is 180 Å². The summed E-state index contributed by atoms with van der Waals surface area (Å²) in [5.41, 5.74) is -0.116. The first kappa shape index (κ1) is 22.3. The first-order valence-corrected chi connectivity index (χ1v) is 9.19. The Hall–Kier alpha value is -4.37. The normalized spacial score (nSPS) is 10.6. The number of alkyl halides is 3. The zero-order valence-corrected chi connectivity index (χ0v) is 16.6. The molecule has 3 rings (SSSR count). The van der Waals surface area contributed by atoms with Crippen molar-refractivity contribution in [1.29, 1.82) is 5.26 Å². The molecule has 2 aromatic carbocycles. The second kappa shape index (κ2) is 9.19. The maximum absolute atomic E-state index is 13.3. The molecule has 0 fully saturated rings. The third-order valence-corrected chi connectivity index (χ3v) is 4.23. The van der Waals surface area contributed by atoms with Crippen molar-refractivity contribution in [3.63, 3.8) is 0 Å². The van der Waals surface area contributed by atoms with Gasteiger partial charge in [0, 0.05) is 34.6 Å². The lowest BCUT2D eigenvalue weighted by Crippen LogP contribution is -2.07. The molecule has 1 aromatic heterocycles. The van der Waals surface area contributed by atoms with Crippen LogP contribution in [0.3, 0.4) is 0 Å². The zero-order chi connectivity index (χ0) is 23.3. The molecule has 9 heteroatoms. The Morgan fingerprint density at radius 1 is 1.09 bits per heavy atom. The number of aromatic hydroxyl groups is 1. The summed E-state index contributed by atoms with van der Waals surface area (Å²) in [4.78, 5) is 19.9. The van der Waals surface area contributed by atoms with E-state index in [0.717, 1.165) is 12.1 Å². The van der Waals surface area contributed by atoms with E-state index >= 15 is 0 Å². The number of carbonyl (C=O) groups is 1. The molecule has 0 radical (unpaired) electrons. The summed E-state index contributed by atoms with van der Waals surface area (Å²) in [5, 5.41) is 18.3. The number of phenolic OH excluding ortho intramolecular Hbond substituents is 1. The van der Waals surface area contributed by atoms with E-state index in [0.29, 0.717) is 22.8 Å². The SMILES string of the molecule is CCOC(=O)c1ccc(C#Cc2ccc(O)cc2C(F)(F)F)c(-c2cnc(C#N)nc2)c1. The summed E-state index contributed by atoms with van der Waals surface area (Å²) >= 11 is 0. The average molecular weight is 437 g/mol. The number of nitriles is 1.